The average molecular weight is 547 g/mol. The molecule has 5 aromatic carbocycles. The van der Waals surface area contributed by atoms with Crippen LogP contribution >= 0.6 is 0 Å². The molecule has 7 rings (SSSR count). The summed E-state index contributed by atoms with van der Waals surface area (Å²) in [6, 6.07) is 43.5. The minimum absolute atomic E-state index is 0.287. The van der Waals surface area contributed by atoms with E-state index in [9.17, 15) is 0 Å². The van der Waals surface area contributed by atoms with Gasteiger partial charge < -0.3 is 9.47 Å². The maximum atomic E-state index is 6.17. The monoisotopic (exact) mass is 546 g/mol. The number of rotatable bonds is 8. The van der Waals surface area contributed by atoms with Crippen LogP contribution in [0.1, 0.15) is 11.4 Å². The molecule has 2 heterocycles. The highest BCUT2D eigenvalue weighted by molar-refractivity contribution is 5.79. The zero-order valence-corrected chi connectivity index (χ0v) is 22.7. The number of para-hydroxylation sites is 4. The molecular formula is C36H26N4O2. The van der Waals surface area contributed by atoms with Gasteiger partial charge in [0.15, 0.2) is 0 Å². The van der Waals surface area contributed by atoms with Crippen molar-refractivity contribution in [3.05, 3.63) is 145 Å². The molecule has 0 amide bonds. The third kappa shape index (κ3) is 5.38. The molecule has 0 radical (unpaired) electrons. The number of ether oxygens (including phenoxy) is 2. The first kappa shape index (κ1) is 25.4. The lowest BCUT2D eigenvalue weighted by Gasteiger charge is -2.13. The van der Waals surface area contributed by atoms with E-state index in [0.717, 1.165) is 56.0 Å². The SMILES string of the molecule is c1ccc(-c2nc3ccccc3nc2COc2ccc(OCc3nc4ccccc4nc3-c3ccccc3)cc2)cc1. The second kappa shape index (κ2) is 11.5. The molecule has 0 aliphatic rings. The van der Waals surface area contributed by atoms with Crippen LogP contribution in [0.3, 0.4) is 0 Å². The van der Waals surface area contributed by atoms with E-state index in [2.05, 4.69) is 0 Å². The lowest BCUT2D eigenvalue weighted by atomic mass is 10.1. The molecule has 202 valence electrons. The van der Waals surface area contributed by atoms with Gasteiger partial charge in [-0.15, -0.1) is 0 Å². The summed E-state index contributed by atoms with van der Waals surface area (Å²) in [4.78, 5) is 19.6. The first-order valence-electron chi connectivity index (χ1n) is 13.8. The molecule has 0 saturated heterocycles. The molecule has 0 aliphatic heterocycles. The van der Waals surface area contributed by atoms with Gasteiger partial charge in [-0.25, -0.2) is 19.9 Å². The van der Waals surface area contributed by atoms with E-state index in [-0.39, 0.29) is 13.2 Å². The van der Waals surface area contributed by atoms with Gasteiger partial charge in [0.05, 0.1) is 33.5 Å². The second-order valence-electron chi connectivity index (χ2n) is 9.80. The Morgan fingerprint density at radius 2 is 0.690 bits per heavy atom. The summed E-state index contributed by atoms with van der Waals surface area (Å²) in [6.07, 6.45) is 0. The summed E-state index contributed by atoms with van der Waals surface area (Å²) in [7, 11) is 0. The van der Waals surface area contributed by atoms with Gasteiger partial charge in [0, 0.05) is 11.1 Å². The van der Waals surface area contributed by atoms with E-state index in [1.165, 1.54) is 0 Å². The van der Waals surface area contributed by atoms with E-state index in [4.69, 9.17) is 29.4 Å². The largest absolute Gasteiger partial charge is 0.487 e. The van der Waals surface area contributed by atoms with Crippen molar-refractivity contribution in [1.29, 1.82) is 0 Å². The van der Waals surface area contributed by atoms with Crippen molar-refractivity contribution in [2.75, 3.05) is 0 Å². The van der Waals surface area contributed by atoms with Crippen LogP contribution < -0.4 is 9.47 Å². The zero-order chi connectivity index (χ0) is 28.1. The smallest absolute Gasteiger partial charge is 0.132 e. The van der Waals surface area contributed by atoms with Gasteiger partial charge >= 0.3 is 0 Å². The molecule has 6 nitrogen and oxygen atoms in total. The average Bonchev–Trinajstić information content (AvgIpc) is 3.07. The molecule has 0 atom stereocenters. The third-order valence-corrected chi connectivity index (χ3v) is 6.95. The van der Waals surface area contributed by atoms with E-state index in [0.29, 0.717) is 11.5 Å². The molecule has 0 N–H and O–H groups in total. The Balaban J connectivity index is 1.09. The van der Waals surface area contributed by atoms with Crippen molar-refractivity contribution >= 4 is 22.1 Å². The lowest BCUT2D eigenvalue weighted by molar-refractivity contribution is 0.293. The molecule has 0 fully saturated rings. The van der Waals surface area contributed by atoms with Crippen molar-refractivity contribution in [2.45, 2.75) is 13.2 Å². The quantitative estimate of drug-likeness (QED) is 0.192. The topological polar surface area (TPSA) is 70.0 Å². The fourth-order valence-corrected chi connectivity index (χ4v) is 4.86. The Labute approximate surface area is 243 Å². The van der Waals surface area contributed by atoms with Gasteiger partial charge in [-0.05, 0) is 48.5 Å². The second-order valence-corrected chi connectivity index (χ2v) is 9.80. The summed E-state index contributed by atoms with van der Waals surface area (Å²) in [5.41, 5.74) is 8.60. The number of aromatic nitrogens is 4. The maximum absolute atomic E-state index is 6.17. The number of fused-ring (bicyclic) bond motifs is 2. The van der Waals surface area contributed by atoms with Gasteiger partial charge in [0.1, 0.15) is 36.1 Å². The van der Waals surface area contributed by atoms with Crippen molar-refractivity contribution in [2.24, 2.45) is 0 Å². The molecule has 6 heteroatoms. The molecule has 0 spiro atoms. The van der Waals surface area contributed by atoms with Crippen LogP contribution in [0.4, 0.5) is 0 Å². The number of nitrogens with zero attached hydrogens (tertiary/aromatic N) is 4. The summed E-state index contributed by atoms with van der Waals surface area (Å²) < 4.78 is 12.3. The molecular weight excluding hydrogens is 520 g/mol. The standard InChI is InChI=1S/C36H26N4O2/c1-3-11-25(12-4-1)35-33(37-29-15-7-9-17-31(29)39-35)23-41-27-19-21-28(22-20-27)42-24-34-36(26-13-5-2-6-14-26)40-32-18-10-8-16-30(32)38-34/h1-22H,23-24H2. The van der Waals surface area contributed by atoms with Gasteiger partial charge in [-0.3, -0.25) is 0 Å². The zero-order valence-electron chi connectivity index (χ0n) is 22.7. The highest BCUT2D eigenvalue weighted by Crippen LogP contribution is 2.27. The van der Waals surface area contributed by atoms with E-state index < -0.39 is 0 Å². The van der Waals surface area contributed by atoms with Gasteiger partial charge in [0.25, 0.3) is 0 Å². The molecule has 0 bridgehead atoms. The summed E-state index contributed by atoms with van der Waals surface area (Å²) in [5, 5.41) is 0. The van der Waals surface area contributed by atoms with Gasteiger partial charge in [0.2, 0.25) is 0 Å². The molecule has 0 unspecified atom stereocenters. The minimum atomic E-state index is 0.287. The molecule has 42 heavy (non-hydrogen) atoms. The molecule has 2 aromatic heterocycles. The number of benzene rings is 5. The summed E-state index contributed by atoms with van der Waals surface area (Å²) >= 11 is 0. The van der Waals surface area contributed by atoms with Crippen molar-refractivity contribution < 1.29 is 9.47 Å². The Hall–Kier alpha value is -5.62. The van der Waals surface area contributed by atoms with Crippen LogP contribution in [0.25, 0.3) is 44.6 Å². The highest BCUT2D eigenvalue weighted by atomic mass is 16.5. The minimum Gasteiger partial charge on any atom is -0.487 e. The van der Waals surface area contributed by atoms with Crippen molar-refractivity contribution in [3.63, 3.8) is 0 Å². The van der Waals surface area contributed by atoms with Crippen LogP contribution in [-0.4, -0.2) is 19.9 Å². The van der Waals surface area contributed by atoms with Gasteiger partial charge in [-0.2, -0.15) is 0 Å². The Bertz CT molecular complexity index is 1830. The van der Waals surface area contributed by atoms with E-state index in [1.54, 1.807) is 0 Å². The molecule has 0 saturated carbocycles. The highest BCUT2D eigenvalue weighted by Gasteiger charge is 2.14. The Kier molecular flexibility index (Phi) is 6.92. The predicted molar refractivity (Wildman–Crippen MR) is 165 cm³/mol. The number of hydrogen-bond donors (Lipinski definition) is 0. The first-order chi connectivity index (χ1) is 20.8. The normalized spacial score (nSPS) is 11.0. The van der Waals surface area contributed by atoms with Crippen LogP contribution in [0.5, 0.6) is 11.5 Å². The lowest BCUT2D eigenvalue weighted by Crippen LogP contribution is -2.05. The Morgan fingerprint density at radius 3 is 1.07 bits per heavy atom. The summed E-state index contributed by atoms with van der Waals surface area (Å²) in [6.45, 7) is 0.574. The van der Waals surface area contributed by atoms with Gasteiger partial charge in [-0.1, -0.05) is 84.9 Å². The van der Waals surface area contributed by atoms with Crippen molar-refractivity contribution in [3.8, 4) is 34.0 Å². The van der Waals surface area contributed by atoms with Crippen LogP contribution in [0, 0.1) is 0 Å². The fourth-order valence-electron chi connectivity index (χ4n) is 4.86. The van der Waals surface area contributed by atoms with Crippen LogP contribution in [0.15, 0.2) is 133 Å². The fraction of sp³-hybridized carbons (Fsp3) is 0.0556. The molecule has 7 aromatic rings. The summed E-state index contributed by atoms with van der Waals surface area (Å²) in [5.74, 6) is 1.43. The Morgan fingerprint density at radius 1 is 0.357 bits per heavy atom. The van der Waals surface area contributed by atoms with Crippen LogP contribution in [-0.2, 0) is 13.2 Å². The predicted octanol–water partition coefficient (Wildman–Crippen LogP) is 8.07. The number of hydrogen-bond acceptors (Lipinski definition) is 6. The van der Waals surface area contributed by atoms with Crippen LogP contribution in [0.2, 0.25) is 0 Å². The van der Waals surface area contributed by atoms with Crippen molar-refractivity contribution in [1.82, 2.24) is 19.9 Å². The first-order valence-corrected chi connectivity index (χ1v) is 13.8. The maximum Gasteiger partial charge on any atom is 0.132 e. The van der Waals surface area contributed by atoms with E-state index >= 15 is 0 Å². The molecule has 0 aliphatic carbocycles. The van der Waals surface area contributed by atoms with E-state index in [1.807, 2.05) is 133 Å². The third-order valence-electron chi connectivity index (χ3n) is 6.95.